The average Bonchev–Trinajstić information content (AvgIpc) is 4.16. The second-order valence-electron chi connectivity index (χ2n) is 18.5. The van der Waals surface area contributed by atoms with E-state index in [1.807, 2.05) is 0 Å². The van der Waals surface area contributed by atoms with Gasteiger partial charge in [0.05, 0.1) is 44.1 Å². The normalized spacial score (nSPS) is 12.0. The zero-order valence-electron chi connectivity index (χ0n) is 38.0. The van der Waals surface area contributed by atoms with Gasteiger partial charge in [-0.05, 0) is 119 Å². The molecule has 0 spiro atoms. The molecule has 0 saturated heterocycles. The molecule has 0 N–H and O–H groups in total. The average molecular weight is 891 g/mol. The standard InChI is InChI=1S/C66H42N4/c1-7-28-59-51(22-1)52-23-2-8-29-60(52)67(59)47-18-13-16-43(38-47)44-17-14-19-48(39-44)68-64-33-12-6-27-56(64)58-40-45(35-37-65(58)68)46-34-36-57-55-26-5-11-32-63(55)70(66(57)41-46)50-21-15-20-49(42-50)69-61-30-9-3-24-53(61)54-25-4-10-31-62(54)69/h1-42H. The van der Waals surface area contributed by atoms with Gasteiger partial charge in [-0.3, -0.25) is 0 Å². The van der Waals surface area contributed by atoms with Crippen molar-refractivity contribution in [2.45, 2.75) is 0 Å². The molecule has 326 valence electrons. The number of hydrogen-bond donors (Lipinski definition) is 0. The fourth-order valence-corrected chi connectivity index (χ4v) is 11.7. The van der Waals surface area contributed by atoms with Crippen LogP contribution in [0.4, 0.5) is 0 Å². The number of para-hydroxylation sites is 6. The van der Waals surface area contributed by atoms with Crippen LogP contribution in [0.3, 0.4) is 0 Å². The molecule has 70 heavy (non-hydrogen) atoms. The fraction of sp³-hybridized carbons (Fsp3) is 0. The molecule has 4 nitrogen and oxygen atoms in total. The Labute approximate surface area is 403 Å². The minimum absolute atomic E-state index is 1.13. The molecule has 15 rings (SSSR count). The molecular weight excluding hydrogens is 849 g/mol. The Morgan fingerprint density at radius 1 is 0.157 bits per heavy atom. The van der Waals surface area contributed by atoms with Crippen molar-refractivity contribution in [2.24, 2.45) is 0 Å². The Bertz CT molecular complexity index is 4500. The van der Waals surface area contributed by atoms with Crippen LogP contribution in [0.1, 0.15) is 0 Å². The van der Waals surface area contributed by atoms with Crippen LogP contribution in [0, 0.1) is 0 Å². The predicted octanol–water partition coefficient (Wildman–Crippen LogP) is 17.4. The minimum Gasteiger partial charge on any atom is -0.309 e. The molecular formula is C66H42N4. The maximum Gasteiger partial charge on any atom is 0.0547 e. The van der Waals surface area contributed by atoms with Crippen LogP contribution in [0.2, 0.25) is 0 Å². The van der Waals surface area contributed by atoms with Gasteiger partial charge >= 0.3 is 0 Å². The Balaban J connectivity index is 0.847. The maximum absolute atomic E-state index is 2.45. The van der Waals surface area contributed by atoms with Gasteiger partial charge in [0.1, 0.15) is 0 Å². The summed E-state index contributed by atoms with van der Waals surface area (Å²) in [4.78, 5) is 0. The molecule has 11 aromatic carbocycles. The monoisotopic (exact) mass is 890 g/mol. The summed E-state index contributed by atoms with van der Waals surface area (Å²) in [5.74, 6) is 0. The van der Waals surface area contributed by atoms with Crippen molar-refractivity contribution in [3.8, 4) is 45.0 Å². The molecule has 0 atom stereocenters. The third-order valence-electron chi connectivity index (χ3n) is 14.7. The lowest BCUT2D eigenvalue weighted by Gasteiger charge is -2.13. The molecule has 0 fully saturated rings. The number of benzene rings is 11. The van der Waals surface area contributed by atoms with Gasteiger partial charge in [-0.25, -0.2) is 0 Å². The van der Waals surface area contributed by atoms with Crippen molar-refractivity contribution in [3.05, 3.63) is 255 Å². The number of nitrogens with zero attached hydrogens (tertiary/aromatic N) is 4. The number of fused-ring (bicyclic) bond motifs is 12. The van der Waals surface area contributed by atoms with Gasteiger partial charge in [0, 0.05) is 65.8 Å². The van der Waals surface area contributed by atoms with E-state index in [0.29, 0.717) is 0 Å². The highest BCUT2D eigenvalue weighted by Gasteiger charge is 2.19. The summed E-state index contributed by atoms with van der Waals surface area (Å²) in [5.41, 5.74) is 18.8. The van der Waals surface area contributed by atoms with Crippen LogP contribution in [0.15, 0.2) is 255 Å². The van der Waals surface area contributed by atoms with E-state index in [0.717, 1.165) is 22.7 Å². The van der Waals surface area contributed by atoms with Crippen LogP contribution >= 0.6 is 0 Å². The Morgan fingerprint density at radius 3 is 0.871 bits per heavy atom. The predicted molar refractivity (Wildman–Crippen MR) is 295 cm³/mol. The first-order valence-electron chi connectivity index (χ1n) is 24.1. The van der Waals surface area contributed by atoms with Crippen LogP contribution in [-0.4, -0.2) is 18.3 Å². The van der Waals surface area contributed by atoms with Crippen molar-refractivity contribution >= 4 is 87.2 Å². The van der Waals surface area contributed by atoms with Gasteiger partial charge in [0.2, 0.25) is 0 Å². The first-order chi connectivity index (χ1) is 34.7. The molecule has 0 aliphatic carbocycles. The van der Waals surface area contributed by atoms with E-state index in [4.69, 9.17) is 0 Å². The Kier molecular flexibility index (Phi) is 8.33. The van der Waals surface area contributed by atoms with E-state index in [1.54, 1.807) is 0 Å². The highest BCUT2D eigenvalue weighted by molar-refractivity contribution is 6.14. The molecule has 0 amide bonds. The molecule has 0 aliphatic rings. The molecule has 0 unspecified atom stereocenters. The zero-order chi connectivity index (χ0) is 45.9. The fourth-order valence-electron chi connectivity index (χ4n) is 11.7. The smallest absolute Gasteiger partial charge is 0.0547 e. The Hall–Kier alpha value is -9.38. The van der Waals surface area contributed by atoms with Crippen LogP contribution < -0.4 is 0 Å². The molecule has 15 aromatic rings. The third-order valence-corrected chi connectivity index (χ3v) is 14.7. The van der Waals surface area contributed by atoms with Crippen molar-refractivity contribution in [2.75, 3.05) is 0 Å². The van der Waals surface area contributed by atoms with Gasteiger partial charge < -0.3 is 18.3 Å². The van der Waals surface area contributed by atoms with Gasteiger partial charge in [-0.15, -0.1) is 0 Å². The molecule has 4 heteroatoms. The van der Waals surface area contributed by atoms with Crippen molar-refractivity contribution in [3.63, 3.8) is 0 Å². The summed E-state index contributed by atoms with van der Waals surface area (Å²) in [5, 5.41) is 9.99. The second-order valence-corrected chi connectivity index (χ2v) is 18.5. The quantitative estimate of drug-likeness (QED) is 0.158. The number of hydrogen-bond acceptors (Lipinski definition) is 0. The third kappa shape index (κ3) is 5.71. The largest absolute Gasteiger partial charge is 0.309 e. The summed E-state index contributed by atoms with van der Waals surface area (Å²) in [6, 6.07) is 93.5. The zero-order valence-corrected chi connectivity index (χ0v) is 38.0. The molecule has 0 bridgehead atoms. The number of aromatic nitrogens is 4. The van der Waals surface area contributed by atoms with Crippen molar-refractivity contribution in [1.82, 2.24) is 18.3 Å². The highest BCUT2D eigenvalue weighted by atomic mass is 15.0. The topological polar surface area (TPSA) is 19.7 Å². The summed E-state index contributed by atoms with van der Waals surface area (Å²) < 4.78 is 9.67. The molecule has 0 radical (unpaired) electrons. The minimum atomic E-state index is 1.13. The van der Waals surface area contributed by atoms with Crippen LogP contribution in [0.25, 0.3) is 132 Å². The lowest BCUT2D eigenvalue weighted by atomic mass is 10.0. The van der Waals surface area contributed by atoms with E-state index in [-0.39, 0.29) is 0 Å². The van der Waals surface area contributed by atoms with E-state index >= 15 is 0 Å². The van der Waals surface area contributed by atoms with E-state index in [1.165, 1.54) is 109 Å². The lowest BCUT2D eigenvalue weighted by Crippen LogP contribution is -1.98. The SMILES string of the molecule is c1cc(-c2cccc(-n3c4ccccc4c4cc(-c5ccc6c7ccccc7n(-c7cccc(-n8c9ccccc9c9ccccc98)c7)c6c5)ccc43)c2)cc(-n2c3ccccc3c3ccccc32)c1. The van der Waals surface area contributed by atoms with Crippen molar-refractivity contribution in [1.29, 1.82) is 0 Å². The Morgan fingerprint density at radius 2 is 0.443 bits per heavy atom. The van der Waals surface area contributed by atoms with Gasteiger partial charge in [-0.1, -0.05) is 158 Å². The van der Waals surface area contributed by atoms with E-state index < -0.39 is 0 Å². The summed E-state index contributed by atoms with van der Waals surface area (Å²) >= 11 is 0. The summed E-state index contributed by atoms with van der Waals surface area (Å²) in [7, 11) is 0. The lowest BCUT2D eigenvalue weighted by molar-refractivity contribution is 1.13. The first-order valence-corrected chi connectivity index (χ1v) is 24.1. The van der Waals surface area contributed by atoms with Gasteiger partial charge in [0.15, 0.2) is 0 Å². The molecule has 0 aliphatic heterocycles. The van der Waals surface area contributed by atoms with Crippen LogP contribution in [0.5, 0.6) is 0 Å². The van der Waals surface area contributed by atoms with Gasteiger partial charge in [0.25, 0.3) is 0 Å². The van der Waals surface area contributed by atoms with E-state index in [9.17, 15) is 0 Å². The molecule has 4 aromatic heterocycles. The highest BCUT2D eigenvalue weighted by Crippen LogP contribution is 2.40. The summed E-state index contributed by atoms with van der Waals surface area (Å²) in [6.07, 6.45) is 0. The second kappa shape index (κ2) is 15.1. The first kappa shape index (κ1) is 38.7. The number of rotatable bonds is 6. The van der Waals surface area contributed by atoms with Gasteiger partial charge in [-0.2, -0.15) is 0 Å². The summed E-state index contributed by atoms with van der Waals surface area (Å²) in [6.45, 7) is 0. The molecule has 0 saturated carbocycles. The van der Waals surface area contributed by atoms with Crippen LogP contribution in [-0.2, 0) is 0 Å². The maximum atomic E-state index is 2.45. The van der Waals surface area contributed by atoms with Crippen molar-refractivity contribution < 1.29 is 0 Å². The van der Waals surface area contributed by atoms with E-state index in [2.05, 4.69) is 273 Å². The molecule has 4 heterocycles.